The average molecular weight is 320 g/mol. The van der Waals surface area contributed by atoms with Gasteiger partial charge in [0.05, 0.1) is 6.10 Å². The molecule has 0 unspecified atom stereocenters. The predicted octanol–water partition coefficient (Wildman–Crippen LogP) is 5.96. The van der Waals surface area contributed by atoms with Gasteiger partial charge >= 0.3 is 0 Å². The summed E-state index contributed by atoms with van der Waals surface area (Å²) in [6, 6.07) is 18.8. The average Bonchev–Trinajstić information content (AvgIpc) is 2.55. The summed E-state index contributed by atoms with van der Waals surface area (Å²) < 4.78 is 0. The normalized spacial score (nSPS) is 12.6. The van der Waals surface area contributed by atoms with Gasteiger partial charge in [-0.25, -0.2) is 0 Å². The number of aliphatic hydroxyl groups is 1. The van der Waals surface area contributed by atoms with Crippen molar-refractivity contribution < 1.29 is 5.11 Å². The van der Waals surface area contributed by atoms with Crippen molar-refractivity contribution in [2.45, 2.75) is 40.7 Å². The first kappa shape index (κ1) is 18.3. The van der Waals surface area contributed by atoms with E-state index in [2.05, 4.69) is 75.0 Å². The highest BCUT2D eigenvalue weighted by molar-refractivity contribution is 5.65. The zero-order valence-corrected chi connectivity index (χ0v) is 15.4. The molecule has 0 aliphatic heterocycles. The van der Waals surface area contributed by atoms with Crippen LogP contribution in [-0.4, -0.2) is 11.2 Å². The molecule has 0 heterocycles. The summed E-state index contributed by atoms with van der Waals surface area (Å²) in [6.07, 6.45) is 1.51. The maximum Gasteiger partial charge on any atom is 0.0851 e. The van der Waals surface area contributed by atoms with Gasteiger partial charge in [0, 0.05) is 5.57 Å². The maximum atomic E-state index is 10.5. The smallest absolute Gasteiger partial charge is 0.0851 e. The third kappa shape index (κ3) is 4.71. The molecular weight excluding hydrogens is 292 g/mol. The van der Waals surface area contributed by atoms with Gasteiger partial charge in [0.1, 0.15) is 0 Å². The molecule has 1 atom stereocenters. The van der Waals surface area contributed by atoms with Crippen LogP contribution in [0.3, 0.4) is 0 Å². The van der Waals surface area contributed by atoms with Crippen LogP contribution in [0.15, 0.2) is 65.9 Å². The summed E-state index contributed by atoms with van der Waals surface area (Å²) in [6.45, 7) is 10.4. The topological polar surface area (TPSA) is 20.2 Å². The Morgan fingerprint density at radius 1 is 0.917 bits per heavy atom. The minimum absolute atomic E-state index is 0.107. The van der Waals surface area contributed by atoms with Gasteiger partial charge in [-0.1, -0.05) is 89.2 Å². The van der Waals surface area contributed by atoms with Crippen LogP contribution in [0.25, 0.3) is 17.2 Å². The van der Waals surface area contributed by atoms with Crippen molar-refractivity contribution >= 4 is 6.08 Å². The third-order valence-electron chi connectivity index (χ3n) is 4.15. The van der Waals surface area contributed by atoms with Crippen molar-refractivity contribution in [2.75, 3.05) is 0 Å². The Kier molecular flexibility index (Phi) is 5.83. The molecule has 0 bridgehead atoms. The second-order valence-corrected chi connectivity index (χ2v) is 7.63. The lowest BCUT2D eigenvalue weighted by Gasteiger charge is -2.27. The zero-order chi connectivity index (χ0) is 17.7. The van der Waals surface area contributed by atoms with Crippen LogP contribution in [0.4, 0.5) is 0 Å². The number of rotatable bonds is 4. The van der Waals surface area contributed by atoms with Crippen LogP contribution >= 0.6 is 0 Å². The Morgan fingerprint density at radius 2 is 1.46 bits per heavy atom. The Labute approximate surface area is 146 Å². The van der Waals surface area contributed by atoms with E-state index < -0.39 is 6.10 Å². The fraction of sp³-hybridized carbons (Fsp3) is 0.348. The second kappa shape index (κ2) is 7.66. The van der Waals surface area contributed by atoms with Gasteiger partial charge < -0.3 is 5.11 Å². The molecule has 0 radical (unpaired) electrons. The molecule has 1 heteroatoms. The Bertz CT molecular complexity index is 709. The fourth-order valence-electron chi connectivity index (χ4n) is 2.64. The van der Waals surface area contributed by atoms with Crippen molar-refractivity contribution in [3.05, 3.63) is 71.5 Å². The molecule has 2 aromatic carbocycles. The highest BCUT2D eigenvalue weighted by Gasteiger charge is 2.25. The predicted molar refractivity (Wildman–Crippen MR) is 104 cm³/mol. The maximum absolute atomic E-state index is 10.5. The van der Waals surface area contributed by atoms with Crippen molar-refractivity contribution in [1.82, 2.24) is 0 Å². The molecule has 0 aromatic heterocycles. The lowest BCUT2D eigenvalue weighted by Crippen LogP contribution is -2.26. The van der Waals surface area contributed by atoms with Gasteiger partial charge in [-0.2, -0.15) is 0 Å². The Morgan fingerprint density at radius 3 is 1.96 bits per heavy atom. The standard InChI is InChI=1S/C23H28O/c1-17(2)22(24)21(23(3,4)5)16-13-18-11-14-20(15-12-18)19-9-7-6-8-10-19/h6-15,17,22,24H,1-5H3/t16?,22-/m0/s1. The number of benzene rings is 2. The van der Waals surface area contributed by atoms with Crippen LogP contribution in [0.5, 0.6) is 0 Å². The van der Waals surface area contributed by atoms with Crippen molar-refractivity contribution in [3.63, 3.8) is 0 Å². The molecule has 24 heavy (non-hydrogen) atoms. The molecular formula is C23H28O. The molecule has 0 saturated carbocycles. The van der Waals surface area contributed by atoms with Crippen LogP contribution < -0.4 is 0 Å². The van der Waals surface area contributed by atoms with Crippen LogP contribution in [-0.2, 0) is 0 Å². The number of aliphatic hydroxyl groups excluding tert-OH is 1. The minimum atomic E-state index is -0.468. The first-order chi connectivity index (χ1) is 11.3. The molecule has 0 saturated heterocycles. The largest absolute Gasteiger partial charge is 0.388 e. The fourth-order valence-corrected chi connectivity index (χ4v) is 2.64. The highest BCUT2D eigenvalue weighted by atomic mass is 16.3. The van der Waals surface area contributed by atoms with Gasteiger partial charge in [-0.05, 0) is 34.1 Å². The van der Waals surface area contributed by atoms with Gasteiger partial charge in [0.2, 0.25) is 0 Å². The summed E-state index contributed by atoms with van der Waals surface area (Å²) in [4.78, 5) is 0. The third-order valence-corrected chi connectivity index (χ3v) is 4.15. The molecule has 2 rings (SSSR count). The first-order valence-electron chi connectivity index (χ1n) is 8.59. The molecule has 0 aliphatic carbocycles. The first-order valence-corrected chi connectivity index (χ1v) is 8.59. The summed E-state index contributed by atoms with van der Waals surface area (Å²) in [7, 11) is 0. The highest BCUT2D eigenvalue weighted by Crippen LogP contribution is 2.30. The second-order valence-electron chi connectivity index (χ2n) is 7.63. The molecule has 0 aliphatic rings. The SMILES string of the molecule is CC(C)[C@H](O)C(=C=Cc1ccc(-c2ccccc2)cc1)C(C)(C)C. The molecule has 0 amide bonds. The van der Waals surface area contributed by atoms with E-state index in [0.717, 1.165) is 11.1 Å². The van der Waals surface area contributed by atoms with Crippen molar-refractivity contribution in [1.29, 1.82) is 0 Å². The summed E-state index contributed by atoms with van der Waals surface area (Å²) in [5.41, 5.74) is 7.71. The number of hydrogen-bond donors (Lipinski definition) is 1. The molecule has 0 fully saturated rings. The van der Waals surface area contributed by atoms with Crippen LogP contribution in [0.1, 0.15) is 40.2 Å². The van der Waals surface area contributed by atoms with E-state index in [1.54, 1.807) is 0 Å². The van der Waals surface area contributed by atoms with E-state index in [1.807, 2.05) is 26.0 Å². The summed E-state index contributed by atoms with van der Waals surface area (Å²) in [5, 5.41) is 10.5. The Hall–Kier alpha value is -2.08. The van der Waals surface area contributed by atoms with E-state index in [9.17, 15) is 5.11 Å². The van der Waals surface area contributed by atoms with E-state index >= 15 is 0 Å². The van der Waals surface area contributed by atoms with E-state index in [-0.39, 0.29) is 11.3 Å². The van der Waals surface area contributed by atoms with E-state index in [0.29, 0.717) is 0 Å². The van der Waals surface area contributed by atoms with Crippen molar-refractivity contribution in [3.8, 4) is 11.1 Å². The van der Waals surface area contributed by atoms with Crippen molar-refractivity contribution in [2.24, 2.45) is 11.3 Å². The molecule has 0 spiro atoms. The van der Waals surface area contributed by atoms with Gasteiger partial charge in [0.25, 0.3) is 0 Å². The van der Waals surface area contributed by atoms with Crippen LogP contribution in [0.2, 0.25) is 0 Å². The monoisotopic (exact) mass is 320 g/mol. The Balaban J connectivity index is 2.32. The van der Waals surface area contributed by atoms with Gasteiger partial charge in [-0.15, -0.1) is 5.73 Å². The van der Waals surface area contributed by atoms with Gasteiger partial charge in [0.15, 0.2) is 0 Å². The lowest BCUT2D eigenvalue weighted by atomic mass is 9.80. The molecule has 126 valence electrons. The quantitative estimate of drug-likeness (QED) is 0.690. The number of hydrogen-bond acceptors (Lipinski definition) is 1. The van der Waals surface area contributed by atoms with Gasteiger partial charge in [-0.3, -0.25) is 0 Å². The lowest BCUT2D eigenvalue weighted by molar-refractivity contribution is 0.139. The summed E-state index contributed by atoms with van der Waals surface area (Å²) in [5.74, 6) is 0.181. The van der Waals surface area contributed by atoms with Crippen LogP contribution in [0, 0.1) is 11.3 Å². The van der Waals surface area contributed by atoms with E-state index in [4.69, 9.17) is 0 Å². The molecule has 1 nitrogen and oxygen atoms in total. The summed E-state index contributed by atoms with van der Waals surface area (Å²) >= 11 is 0. The minimum Gasteiger partial charge on any atom is -0.388 e. The molecule has 1 N–H and O–H groups in total. The zero-order valence-electron chi connectivity index (χ0n) is 15.4. The van der Waals surface area contributed by atoms with E-state index in [1.165, 1.54) is 11.1 Å². The molecule has 2 aromatic rings.